The molecule has 10 heteroatoms. The highest BCUT2D eigenvalue weighted by molar-refractivity contribution is 9.09. The van der Waals surface area contributed by atoms with Crippen molar-refractivity contribution >= 4 is 62.5 Å². The van der Waals surface area contributed by atoms with Gasteiger partial charge in [-0.25, -0.2) is 0 Å². The summed E-state index contributed by atoms with van der Waals surface area (Å²) in [4.78, 5) is 46.4. The molecular weight excluding hydrogens is 616 g/mol. The molecule has 3 saturated heterocycles. The zero-order valence-corrected chi connectivity index (χ0v) is 27.0. The first-order valence-corrected chi connectivity index (χ1v) is 16.8. The summed E-state index contributed by atoms with van der Waals surface area (Å²) in [7, 11) is 0. The topological polar surface area (TPSA) is 102 Å². The number of rotatable bonds is 11. The number of likely N-dealkylation sites (tertiary alicyclic amines) is 1. The summed E-state index contributed by atoms with van der Waals surface area (Å²) in [6, 6.07) is 15.7. The lowest BCUT2D eigenvalue weighted by atomic mass is 9.70. The predicted octanol–water partition coefficient (Wildman–Crippen LogP) is 4.98. The summed E-state index contributed by atoms with van der Waals surface area (Å²) in [5.41, 5.74) is 2.40. The number of aliphatic hydroxyl groups is 1. The van der Waals surface area contributed by atoms with Gasteiger partial charge in [-0.1, -0.05) is 54.4 Å². The summed E-state index contributed by atoms with van der Waals surface area (Å²) in [5, 5.41) is 16.5. The van der Waals surface area contributed by atoms with Gasteiger partial charge in [0.2, 0.25) is 17.7 Å². The number of anilines is 3. The Kier molecular flexibility index (Phi) is 9.25. The van der Waals surface area contributed by atoms with Crippen molar-refractivity contribution in [3.8, 4) is 0 Å². The zero-order valence-electron chi connectivity index (χ0n) is 24.6. The lowest BCUT2D eigenvalue weighted by Gasteiger charge is -2.39. The molecule has 3 aliphatic heterocycles. The van der Waals surface area contributed by atoms with Gasteiger partial charge in [0.15, 0.2) is 0 Å². The zero-order chi connectivity index (χ0) is 30.2. The molecule has 3 heterocycles. The molecule has 8 atom stereocenters. The van der Waals surface area contributed by atoms with Crippen LogP contribution < -0.4 is 15.5 Å². The van der Waals surface area contributed by atoms with Crippen LogP contribution in [0.5, 0.6) is 0 Å². The van der Waals surface area contributed by atoms with E-state index in [9.17, 15) is 19.5 Å². The molecule has 3 amide bonds. The number of fused-ring (bicyclic) bond motifs is 1. The third-order valence-corrected chi connectivity index (χ3v) is 12.6. The van der Waals surface area contributed by atoms with Gasteiger partial charge in [-0.2, -0.15) is 0 Å². The average Bonchev–Trinajstić information content (AvgIpc) is 3.59. The third-order valence-electron chi connectivity index (χ3n) is 9.43. The molecule has 3 fully saturated rings. The molecule has 8 nitrogen and oxygen atoms in total. The van der Waals surface area contributed by atoms with E-state index in [0.29, 0.717) is 17.8 Å². The molecule has 1 spiro atoms. The molecule has 3 N–H and O–H groups in total. The van der Waals surface area contributed by atoms with Crippen molar-refractivity contribution in [2.75, 3.05) is 35.2 Å². The molecule has 3 unspecified atom stereocenters. The van der Waals surface area contributed by atoms with E-state index in [-0.39, 0.29) is 40.3 Å². The SMILES string of the molecule is CC[C@H](C)[C@H](CO)N1C(=O)[C@@H]2[C@H](C(=O)Nc3ccccc3)[C@H]3SC2(CC3Br)C1C(=O)Nc1ccc(N(CC)CC)cc1. The van der Waals surface area contributed by atoms with E-state index < -0.39 is 28.7 Å². The quantitative estimate of drug-likeness (QED) is 0.295. The molecule has 2 aromatic rings. The molecule has 2 aromatic carbocycles. The molecule has 5 rings (SSSR count). The van der Waals surface area contributed by atoms with E-state index in [4.69, 9.17) is 0 Å². The molecule has 3 aliphatic rings. The Balaban J connectivity index is 1.50. The summed E-state index contributed by atoms with van der Waals surface area (Å²) >= 11 is 5.42. The standard InChI is InChI=1S/C32H41BrN4O4S/c1-5-19(4)24(18-38)37-28(30(40)35-21-13-15-22(16-14-21)36(6-2)7-3)32-17-23(33)27(42-32)25(26(32)31(37)41)29(39)34-20-11-9-8-10-12-20/h8-16,19,23-28,38H,5-7,17-18H2,1-4H3,(H,34,39)(H,35,40)/t19-,23?,24-,25-,26-,27-,28?,32?/m0/s1. The van der Waals surface area contributed by atoms with E-state index in [1.54, 1.807) is 16.7 Å². The van der Waals surface area contributed by atoms with Crippen molar-refractivity contribution in [2.45, 2.75) is 67.4 Å². The summed E-state index contributed by atoms with van der Waals surface area (Å²) in [6.45, 7) is 9.74. The van der Waals surface area contributed by atoms with Gasteiger partial charge in [0.05, 0.1) is 29.2 Å². The van der Waals surface area contributed by atoms with Crippen LogP contribution in [0.1, 0.15) is 40.5 Å². The van der Waals surface area contributed by atoms with Gasteiger partial charge in [0.25, 0.3) is 0 Å². The van der Waals surface area contributed by atoms with Crippen molar-refractivity contribution in [3.05, 3.63) is 54.6 Å². The second-order valence-corrected chi connectivity index (χ2v) is 14.3. The lowest BCUT2D eigenvalue weighted by Crippen LogP contribution is -2.56. The van der Waals surface area contributed by atoms with Gasteiger partial charge >= 0.3 is 0 Å². The Bertz CT molecular complexity index is 1290. The number of hydrogen-bond acceptors (Lipinski definition) is 6. The normalized spacial score (nSPS) is 29.2. The highest BCUT2D eigenvalue weighted by Gasteiger charge is 2.76. The number of thioether (sulfide) groups is 1. The molecule has 2 bridgehead atoms. The first-order valence-electron chi connectivity index (χ1n) is 15.0. The van der Waals surface area contributed by atoms with Crippen LogP contribution >= 0.6 is 27.7 Å². The number of aliphatic hydroxyl groups excluding tert-OH is 1. The fourth-order valence-corrected chi connectivity index (χ4v) is 10.7. The maximum absolute atomic E-state index is 14.4. The van der Waals surface area contributed by atoms with Gasteiger partial charge in [-0.15, -0.1) is 11.8 Å². The maximum Gasteiger partial charge on any atom is 0.248 e. The Hall–Kier alpha value is -2.56. The van der Waals surface area contributed by atoms with Crippen LogP contribution in [0.25, 0.3) is 0 Å². The number of amides is 3. The van der Waals surface area contributed by atoms with E-state index >= 15 is 0 Å². The molecule has 42 heavy (non-hydrogen) atoms. The van der Waals surface area contributed by atoms with Gasteiger partial charge < -0.3 is 25.5 Å². The monoisotopic (exact) mass is 656 g/mol. The number of carbonyl (C=O) groups is 3. The maximum atomic E-state index is 14.4. The van der Waals surface area contributed by atoms with Crippen molar-refractivity contribution < 1.29 is 19.5 Å². The number of hydrogen-bond donors (Lipinski definition) is 3. The number of alkyl halides is 1. The van der Waals surface area contributed by atoms with Crippen LogP contribution in [0.3, 0.4) is 0 Å². The molecule has 0 aromatic heterocycles. The second-order valence-electron chi connectivity index (χ2n) is 11.6. The van der Waals surface area contributed by atoms with Crippen LogP contribution in [0, 0.1) is 17.8 Å². The minimum atomic E-state index is -0.826. The van der Waals surface area contributed by atoms with Crippen LogP contribution in [-0.2, 0) is 14.4 Å². The number of carbonyl (C=O) groups excluding carboxylic acids is 3. The molecule has 226 valence electrons. The fourth-order valence-electron chi connectivity index (χ4n) is 7.14. The largest absolute Gasteiger partial charge is 0.394 e. The fraction of sp³-hybridized carbons (Fsp3) is 0.531. The second kappa shape index (κ2) is 12.6. The van der Waals surface area contributed by atoms with Crippen molar-refractivity contribution in [3.63, 3.8) is 0 Å². The van der Waals surface area contributed by atoms with E-state index in [2.05, 4.69) is 45.3 Å². The van der Waals surface area contributed by atoms with Crippen LogP contribution in [-0.4, -0.2) is 74.3 Å². The first-order chi connectivity index (χ1) is 20.2. The minimum Gasteiger partial charge on any atom is -0.394 e. The molecular formula is C32H41BrN4O4S. The van der Waals surface area contributed by atoms with Gasteiger partial charge in [-0.3, -0.25) is 14.4 Å². The number of para-hydroxylation sites is 1. The summed E-state index contributed by atoms with van der Waals surface area (Å²) in [6.07, 6.45) is 1.32. The highest BCUT2D eigenvalue weighted by Crippen LogP contribution is 2.68. The number of halogens is 1. The lowest BCUT2D eigenvalue weighted by molar-refractivity contribution is -0.142. The number of nitrogens with one attached hydrogen (secondary N) is 2. The van der Waals surface area contributed by atoms with Crippen molar-refractivity contribution in [1.82, 2.24) is 4.90 Å². The van der Waals surface area contributed by atoms with E-state index in [1.807, 2.05) is 68.4 Å². The van der Waals surface area contributed by atoms with E-state index in [0.717, 1.165) is 25.2 Å². The van der Waals surface area contributed by atoms with Gasteiger partial charge in [0.1, 0.15) is 6.04 Å². The van der Waals surface area contributed by atoms with E-state index in [1.165, 1.54) is 0 Å². The van der Waals surface area contributed by atoms with Crippen molar-refractivity contribution in [1.29, 1.82) is 0 Å². The Labute approximate surface area is 261 Å². The number of nitrogens with zero attached hydrogens (tertiary/aromatic N) is 2. The molecule has 0 aliphatic carbocycles. The predicted molar refractivity (Wildman–Crippen MR) is 173 cm³/mol. The highest BCUT2D eigenvalue weighted by atomic mass is 79.9. The molecule has 0 radical (unpaired) electrons. The number of benzene rings is 2. The average molecular weight is 658 g/mol. The van der Waals surface area contributed by atoms with Gasteiger partial charge in [0, 0.05) is 40.2 Å². The smallest absolute Gasteiger partial charge is 0.248 e. The first kappa shape index (κ1) is 30.9. The van der Waals surface area contributed by atoms with Crippen LogP contribution in [0.15, 0.2) is 54.6 Å². The summed E-state index contributed by atoms with van der Waals surface area (Å²) in [5.74, 6) is -2.00. The Morgan fingerprint density at radius 1 is 1.05 bits per heavy atom. The van der Waals surface area contributed by atoms with Crippen molar-refractivity contribution in [2.24, 2.45) is 17.8 Å². The van der Waals surface area contributed by atoms with Crippen LogP contribution in [0.2, 0.25) is 0 Å². The Morgan fingerprint density at radius 2 is 1.67 bits per heavy atom. The Morgan fingerprint density at radius 3 is 2.26 bits per heavy atom. The minimum absolute atomic E-state index is 0.0298. The third kappa shape index (κ3) is 5.24. The van der Waals surface area contributed by atoms with Crippen LogP contribution in [0.4, 0.5) is 17.1 Å². The van der Waals surface area contributed by atoms with Gasteiger partial charge in [-0.05, 0) is 62.6 Å². The summed E-state index contributed by atoms with van der Waals surface area (Å²) < 4.78 is -0.791. The molecule has 0 saturated carbocycles.